The molecule has 1 aromatic rings. The molecular weight excluding hydrogens is 254 g/mol. The molecule has 100 valence electrons. The van der Waals surface area contributed by atoms with Crippen molar-refractivity contribution in [2.75, 3.05) is 24.7 Å². The SMILES string of the molecule is CC1COC(CO)CN1c1ccc(CO)c(Cl)c1. The molecule has 5 heteroatoms. The Bertz CT molecular complexity index is 413. The summed E-state index contributed by atoms with van der Waals surface area (Å²) in [6.45, 7) is 3.27. The van der Waals surface area contributed by atoms with Gasteiger partial charge in [-0.25, -0.2) is 0 Å². The summed E-state index contributed by atoms with van der Waals surface area (Å²) in [5, 5.41) is 18.8. The molecular formula is C13H18ClNO3. The first kappa shape index (κ1) is 13.6. The van der Waals surface area contributed by atoms with Crippen molar-refractivity contribution in [1.82, 2.24) is 0 Å². The molecule has 1 aliphatic rings. The second kappa shape index (κ2) is 5.89. The van der Waals surface area contributed by atoms with Gasteiger partial charge in [-0.2, -0.15) is 0 Å². The van der Waals surface area contributed by atoms with Crippen LogP contribution in [0.2, 0.25) is 5.02 Å². The minimum Gasteiger partial charge on any atom is -0.394 e. The lowest BCUT2D eigenvalue weighted by atomic mass is 10.1. The first-order chi connectivity index (χ1) is 8.65. The van der Waals surface area contributed by atoms with Crippen LogP contribution < -0.4 is 4.90 Å². The fourth-order valence-electron chi connectivity index (χ4n) is 2.13. The molecule has 1 saturated heterocycles. The molecule has 1 aromatic carbocycles. The molecule has 0 amide bonds. The molecule has 0 radical (unpaired) electrons. The van der Waals surface area contributed by atoms with Gasteiger partial charge in [0.25, 0.3) is 0 Å². The Morgan fingerprint density at radius 3 is 2.83 bits per heavy atom. The van der Waals surface area contributed by atoms with Crippen LogP contribution in [-0.4, -0.2) is 42.1 Å². The molecule has 0 spiro atoms. The summed E-state index contributed by atoms with van der Waals surface area (Å²) in [6, 6.07) is 5.86. The van der Waals surface area contributed by atoms with Gasteiger partial charge in [0.15, 0.2) is 0 Å². The standard InChI is InChI=1S/C13H18ClNO3/c1-9-8-18-12(7-17)5-15(9)11-3-2-10(6-16)13(14)4-11/h2-4,9,12,16-17H,5-8H2,1H3. The Morgan fingerprint density at radius 2 is 2.22 bits per heavy atom. The maximum Gasteiger partial charge on any atom is 0.0981 e. The number of hydrogen-bond acceptors (Lipinski definition) is 4. The van der Waals surface area contributed by atoms with Gasteiger partial charge in [0.2, 0.25) is 0 Å². The number of ether oxygens (including phenoxy) is 1. The van der Waals surface area contributed by atoms with Crippen molar-refractivity contribution >= 4 is 17.3 Å². The first-order valence-corrected chi connectivity index (χ1v) is 6.42. The van der Waals surface area contributed by atoms with Gasteiger partial charge in [-0.05, 0) is 24.6 Å². The number of halogens is 1. The number of aliphatic hydroxyl groups is 2. The van der Waals surface area contributed by atoms with Gasteiger partial charge in [-0.1, -0.05) is 17.7 Å². The van der Waals surface area contributed by atoms with Crippen LogP contribution in [-0.2, 0) is 11.3 Å². The Balaban J connectivity index is 2.21. The van der Waals surface area contributed by atoms with Crippen LogP contribution in [0.3, 0.4) is 0 Å². The molecule has 1 fully saturated rings. The van der Waals surface area contributed by atoms with Crippen molar-refractivity contribution in [3.63, 3.8) is 0 Å². The van der Waals surface area contributed by atoms with Crippen molar-refractivity contribution in [3.8, 4) is 0 Å². The third kappa shape index (κ3) is 2.78. The van der Waals surface area contributed by atoms with Gasteiger partial charge in [0.05, 0.1) is 25.9 Å². The fraction of sp³-hybridized carbons (Fsp3) is 0.538. The molecule has 2 atom stereocenters. The number of rotatable bonds is 3. The summed E-state index contributed by atoms with van der Waals surface area (Å²) >= 11 is 6.10. The van der Waals surface area contributed by atoms with Crippen LogP contribution >= 0.6 is 11.6 Å². The van der Waals surface area contributed by atoms with Crippen molar-refractivity contribution in [1.29, 1.82) is 0 Å². The van der Waals surface area contributed by atoms with Crippen molar-refractivity contribution in [3.05, 3.63) is 28.8 Å². The van der Waals surface area contributed by atoms with E-state index in [0.717, 1.165) is 11.3 Å². The molecule has 0 aliphatic carbocycles. The van der Waals surface area contributed by atoms with Gasteiger partial charge >= 0.3 is 0 Å². The van der Waals surface area contributed by atoms with Gasteiger partial charge in [-0.3, -0.25) is 0 Å². The second-order valence-electron chi connectivity index (χ2n) is 4.57. The smallest absolute Gasteiger partial charge is 0.0981 e. The molecule has 2 rings (SSSR count). The van der Waals surface area contributed by atoms with Crippen LogP contribution in [0.25, 0.3) is 0 Å². The number of morpholine rings is 1. The number of anilines is 1. The van der Waals surface area contributed by atoms with Crippen LogP contribution in [0, 0.1) is 0 Å². The van der Waals surface area contributed by atoms with Crippen LogP contribution in [0.5, 0.6) is 0 Å². The van der Waals surface area contributed by atoms with Gasteiger partial charge in [-0.15, -0.1) is 0 Å². The normalized spacial score (nSPS) is 24.3. The highest BCUT2D eigenvalue weighted by Crippen LogP contribution is 2.27. The van der Waals surface area contributed by atoms with Crippen molar-refractivity contribution < 1.29 is 14.9 Å². The highest BCUT2D eigenvalue weighted by atomic mass is 35.5. The minimum atomic E-state index is -0.155. The van der Waals surface area contributed by atoms with E-state index in [1.807, 2.05) is 18.2 Å². The van der Waals surface area contributed by atoms with E-state index in [2.05, 4.69) is 11.8 Å². The number of nitrogens with zero attached hydrogens (tertiary/aromatic N) is 1. The average molecular weight is 272 g/mol. The van der Waals surface area contributed by atoms with Gasteiger partial charge in [0, 0.05) is 23.3 Å². The fourth-order valence-corrected chi connectivity index (χ4v) is 2.37. The monoisotopic (exact) mass is 271 g/mol. The predicted octanol–water partition coefficient (Wildman–Crippen LogP) is 1.42. The molecule has 2 N–H and O–H groups in total. The zero-order valence-corrected chi connectivity index (χ0v) is 11.1. The number of aliphatic hydroxyl groups excluding tert-OH is 2. The summed E-state index contributed by atoms with van der Waals surface area (Å²) in [6.07, 6.45) is -0.155. The lowest BCUT2D eigenvalue weighted by Gasteiger charge is -2.39. The van der Waals surface area contributed by atoms with Crippen molar-refractivity contribution in [2.24, 2.45) is 0 Å². The molecule has 0 bridgehead atoms. The number of hydrogen-bond donors (Lipinski definition) is 2. The van der Waals surface area contributed by atoms with E-state index in [0.29, 0.717) is 18.2 Å². The molecule has 1 aliphatic heterocycles. The maximum atomic E-state index is 9.17. The molecule has 2 unspecified atom stereocenters. The summed E-state index contributed by atoms with van der Waals surface area (Å²) in [7, 11) is 0. The van der Waals surface area contributed by atoms with Crippen LogP contribution in [0.4, 0.5) is 5.69 Å². The van der Waals surface area contributed by atoms with E-state index < -0.39 is 0 Å². The quantitative estimate of drug-likeness (QED) is 0.873. The van der Waals surface area contributed by atoms with E-state index >= 15 is 0 Å². The third-order valence-electron chi connectivity index (χ3n) is 3.25. The van der Waals surface area contributed by atoms with Crippen molar-refractivity contribution in [2.45, 2.75) is 25.7 Å². The second-order valence-corrected chi connectivity index (χ2v) is 4.98. The van der Waals surface area contributed by atoms with E-state index in [4.69, 9.17) is 26.6 Å². The zero-order chi connectivity index (χ0) is 13.1. The minimum absolute atomic E-state index is 0.0195. The largest absolute Gasteiger partial charge is 0.394 e. The van der Waals surface area contributed by atoms with Gasteiger partial charge in [0.1, 0.15) is 0 Å². The lowest BCUT2D eigenvalue weighted by Crippen LogP contribution is -2.49. The maximum absolute atomic E-state index is 9.17. The lowest BCUT2D eigenvalue weighted by molar-refractivity contribution is -0.0103. The predicted molar refractivity (Wildman–Crippen MR) is 71.0 cm³/mol. The Morgan fingerprint density at radius 1 is 1.44 bits per heavy atom. The summed E-state index contributed by atoms with van der Waals surface area (Å²) < 4.78 is 5.50. The molecule has 0 aromatic heterocycles. The summed E-state index contributed by atoms with van der Waals surface area (Å²) in [5.74, 6) is 0. The Hall–Kier alpha value is -0.810. The van der Waals surface area contributed by atoms with E-state index in [1.54, 1.807) is 0 Å². The van der Waals surface area contributed by atoms with Crippen LogP contribution in [0.15, 0.2) is 18.2 Å². The molecule has 18 heavy (non-hydrogen) atoms. The average Bonchev–Trinajstić information content (AvgIpc) is 2.39. The molecule has 1 heterocycles. The third-order valence-corrected chi connectivity index (χ3v) is 3.60. The number of benzene rings is 1. The topological polar surface area (TPSA) is 52.9 Å². The van der Waals surface area contributed by atoms with E-state index in [-0.39, 0.29) is 25.4 Å². The summed E-state index contributed by atoms with van der Waals surface area (Å²) in [5.41, 5.74) is 1.71. The van der Waals surface area contributed by atoms with Crippen LogP contribution in [0.1, 0.15) is 12.5 Å². The molecule has 0 saturated carbocycles. The van der Waals surface area contributed by atoms with E-state index in [1.165, 1.54) is 0 Å². The van der Waals surface area contributed by atoms with Gasteiger partial charge < -0.3 is 19.8 Å². The Labute approximate surface area is 112 Å². The molecule has 4 nitrogen and oxygen atoms in total. The highest BCUT2D eigenvalue weighted by molar-refractivity contribution is 6.31. The highest BCUT2D eigenvalue weighted by Gasteiger charge is 2.26. The first-order valence-electron chi connectivity index (χ1n) is 6.04. The zero-order valence-electron chi connectivity index (χ0n) is 10.3. The Kier molecular flexibility index (Phi) is 4.45. The van der Waals surface area contributed by atoms with E-state index in [9.17, 15) is 0 Å². The summed E-state index contributed by atoms with van der Waals surface area (Å²) in [4.78, 5) is 2.16.